The molecule has 0 N–H and O–H groups in total. The predicted molar refractivity (Wildman–Crippen MR) is 67.4 cm³/mol. The van der Waals surface area contributed by atoms with Crippen molar-refractivity contribution in [3.63, 3.8) is 0 Å². The van der Waals surface area contributed by atoms with E-state index in [1.54, 1.807) is 6.92 Å². The van der Waals surface area contributed by atoms with E-state index in [0.29, 0.717) is 19.6 Å². The molecule has 1 fully saturated rings. The summed E-state index contributed by atoms with van der Waals surface area (Å²) in [5.74, 6) is -0.829. The first-order valence-corrected chi connectivity index (χ1v) is 8.15. The number of amides is 1. The van der Waals surface area contributed by atoms with E-state index in [0.717, 1.165) is 6.26 Å². The van der Waals surface area contributed by atoms with Crippen LogP contribution < -0.4 is 0 Å². The summed E-state index contributed by atoms with van der Waals surface area (Å²) in [4.78, 5) is 24.5. The van der Waals surface area contributed by atoms with Gasteiger partial charge in [-0.15, -0.1) is 0 Å². The van der Waals surface area contributed by atoms with E-state index < -0.39 is 15.9 Å². The summed E-state index contributed by atoms with van der Waals surface area (Å²) in [6.07, 6.45) is 1.03. The standard InChI is InChI=1S/C11H19NO6S/c1-3-17-10(13)9-4-5-12(8-9)11(14)18-6-7-19(2,15)16/h9H,3-8H2,1-2H3. The predicted octanol–water partition coefficient (Wildman–Crippen LogP) is 0.0526. The lowest BCUT2D eigenvalue weighted by molar-refractivity contribution is -0.147. The van der Waals surface area contributed by atoms with Crippen molar-refractivity contribution in [3.05, 3.63) is 0 Å². The van der Waals surface area contributed by atoms with Gasteiger partial charge >= 0.3 is 12.1 Å². The second-order valence-corrected chi connectivity index (χ2v) is 6.69. The number of esters is 1. The summed E-state index contributed by atoms with van der Waals surface area (Å²) >= 11 is 0. The smallest absolute Gasteiger partial charge is 0.409 e. The first-order valence-electron chi connectivity index (χ1n) is 6.09. The van der Waals surface area contributed by atoms with Gasteiger partial charge in [-0.2, -0.15) is 0 Å². The summed E-state index contributed by atoms with van der Waals surface area (Å²) < 4.78 is 31.5. The highest BCUT2D eigenvalue weighted by atomic mass is 32.2. The number of hydrogen-bond donors (Lipinski definition) is 0. The van der Waals surface area contributed by atoms with Gasteiger partial charge in [0.15, 0.2) is 9.84 Å². The van der Waals surface area contributed by atoms with E-state index in [9.17, 15) is 18.0 Å². The van der Waals surface area contributed by atoms with Gasteiger partial charge in [0.2, 0.25) is 0 Å². The highest BCUT2D eigenvalue weighted by Crippen LogP contribution is 2.18. The second kappa shape index (κ2) is 6.74. The van der Waals surface area contributed by atoms with Crippen LogP contribution in [0.3, 0.4) is 0 Å². The average Bonchev–Trinajstić information content (AvgIpc) is 2.76. The van der Waals surface area contributed by atoms with E-state index in [1.165, 1.54) is 4.90 Å². The Labute approximate surface area is 112 Å². The molecule has 110 valence electrons. The number of sulfone groups is 1. The zero-order valence-electron chi connectivity index (χ0n) is 11.1. The van der Waals surface area contributed by atoms with Crippen LogP contribution in [-0.2, 0) is 24.1 Å². The van der Waals surface area contributed by atoms with E-state index in [4.69, 9.17) is 9.47 Å². The average molecular weight is 293 g/mol. The van der Waals surface area contributed by atoms with Crippen LogP contribution in [0.5, 0.6) is 0 Å². The molecule has 19 heavy (non-hydrogen) atoms. The van der Waals surface area contributed by atoms with Gasteiger partial charge < -0.3 is 14.4 Å². The molecule has 1 saturated heterocycles. The molecule has 0 saturated carbocycles. The van der Waals surface area contributed by atoms with Gasteiger partial charge in [-0.1, -0.05) is 0 Å². The molecule has 0 aliphatic carbocycles. The third-order valence-corrected chi connectivity index (χ3v) is 3.65. The van der Waals surface area contributed by atoms with Crippen molar-refractivity contribution >= 4 is 21.9 Å². The molecule has 1 unspecified atom stereocenters. The van der Waals surface area contributed by atoms with Gasteiger partial charge in [-0.05, 0) is 13.3 Å². The maximum atomic E-state index is 11.6. The lowest BCUT2D eigenvalue weighted by Crippen LogP contribution is -2.32. The molecule has 0 aromatic rings. The number of ether oxygens (including phenoxy) is 2. The van der Waals surface area contributed by atoms with Crippen LogP contribution in [0.1, 0.15) is 13.3 Å². The van der Waals surface area contributed by atoms with Gasteiger partial charge in [0, 0.05) is 19.3 Å². The van der Waals surface area contributed by atoms with Gasteiger partial charge in [0.25, 0.3) is 0 Å². The number of carbonyl (C=O) groups is 2. The van der Waals surface area contributed by atoms with Gasteiger partial charge in [-0.3, -0.25) is 4.79 Å². The Balaban J connectivity index is 2.34. The molecular formula is C11H19NO6S. The molecule has 0 aromatic carbocycles. The minimum Gasteiger partial charge on any atom is -0.466 e. The molecule has 1 rings (SSSR count). The van der Waals surface area contributed by atoms with Crippen LogP contribution in [0.25, 0.3) is 0 Å². The maximum Gasteiger partial charge on any atom is 0.409 e. The van der Waals surface area contributed by atoms with Crippen LogP contribution in [0.4, 0.5) is 4.79 Å². The van der Waals surface area contributed by atoms with E-state index in [2.05, 4.69) is 0 Å². The lowest BCUT2D eigenvalue weighted by atomic mass is 10.1. The summed E-state index contributed by atoms with van der Waals surface area (Å²) in [7, 11) is -3.14. The Morgan fingerprint density at radius 3 is 2.58 bits per heavy atom. The molecule has 1 amide bonds. The summed E-state index contributed by atoms with van der Waals surface area (Å²) in [5, 5.41) is 0. The molecule has 0 bridgehead atoms. The van der Waals surface area contributed by atoms with Gasteiger partial charge in [-0.25, -0.2) is 13.2 Å². The van der Waals surface area contributed by atoms with Gasteiger partial charge in [0.1, 0.15) is 6.61 Å². The molecule has 1 heterocycles. The summed E-state index contributed by atoms with van der Waals surface area (Å²) in [6.45, 7) is 2.55. The maximum absolute atomic E-state index is 11.6. The van der Waals surface area contributed by atoms with Crippen LogP contribution in [0, 0.1) is 5.92 Å². The highest BCUT2D eigenvalue weighted by molar-refractivity contribution is 7.90. The first kappa shape index (κ1) is 15.7. The van der Waals surface area contributed by atoms with Crippen LogP contribution >= 0.6 is 0 Å². The Morgan fingerprint density at radius 2 is 2.00 bits per heavy atom. The number of nitrogens with zero attached hydrogens (tertiary/aromatic N) is 1. The summed E-state index contributed by atoms with van der Waals surface area (Å²) in [5.41, 5.74) is 0. The van der Waals surface area contributed by atoms with Crippen molar-refractivity contribution in [3.8, 4) is 0 Å². The monoisotopic (exact) mass is 293 g/mol. The minimum atomic E-state index is -3.14. The fourth-order valence-corrected chi connectivity index (χ4v) is 2.14. The molecule has 0 aromatic heterocycles. The number of hydrogen-bond acceptors (Lipinski definition) is 6. The lowest BCUT2D eigenvalue weighted by Gasteiger charge is -2.15. The SMILES string of the molecule is CCOC(=O)C1CCN(C(=O)OCCS(C)(=O)=O)C1. The van der Waals surface area contributed by atoms with E-state index in [1.807, 2.05) is 0 Å². The fraction of sp³-hybridized carbons (Fsp3) is 0.818. The van der Waals surface area contributed by atoms with Crippen molar-refractivity contribution in [1.82, 2.24) is 4.90 Å². The van der Waals surface area contributed by atoms with Crippen LogP contribution in [0.15, 0.2) is 0 Å². The molecular weight excluding hydrogens is 274 g/mol. The quantitative estimate of drug-likeness (QED) is 0.665. The molecule has 1 aliphatic rings. The molecule has 1 atom stereocenters. The molecule has 1 aliphatic heterocycles. The Kier molecular flexibility index (Phi) is 5.59. The summed E-state index contributed by atoms with van der Waals surface area (Å²) in [6, 6.07) is 0. The molecule has 7 nitrogen and oxygen atoms in total. The highest BCUT2D eigenvalue weighted by Gasteiger charge is 2.32. The first-order chi connectivity index (χ1) is 8.83. The normalized spacial score (nSPS) is 19.3. The van der Waals surface area contributed by atoms with E-state index >= 15 is 0 Å². The van der Waals surface area contributed by atoms with Crippen molar-refractivity contribution in [2.75, 3.05) is 38.3 Å². The number of carbonyl (C=O) groups excluding carboxylic acids is 2. The minimum absolute atomic E-state index is 0.168. The Morgan fingerprint density at radius 1 is 1.32 bits per heavy atom. The van der Waals surface area contributed by atoms with Crippen molar-refractivity contribution in [1.29, 1.82) is 0 Å². The number of rotatable bonds is 5. The van der Waals surface area contributed by atoms with Gasteiger partial charge in [0.05, 0.1) is 18.3 Å². The zero-order chi connectivity index (χ0) is 14.5. The topological polar surface area (TPSA) is 90.0 Å². The van der Waals surface area contributed by atoms with Crippen LogP contribution in [-0.4, -0.2) is 63.7 Å². The number of likely N-dealkylation sites (tertiary alicyclic amines) is 1. The fourth-order valence-electron chi connectivity index (χ4n) is 1.75. The second-order valence-electron chi connectivity index (χ2n) is 4.43. The van der Waals surface area contributed by atoms with E-state index in [-0.39, 0.29) is 30.8 Å². The largest absolute Gasteiger partial charge is 0.466 e. The zero-order valence-corrected chi connectivity index (χ0v) is 11.9. The van der Waals surface area contributed by atoms with Crippen molar-refractivity contribution in [2.24, 2.45) is 5.92 Å². The molecule has 8 heteroatoms. The Hall–Kier alpha value is -1.31. The van der Waals surface area contributed by atoms with Crippen LogP contribution in [0.2, 0.25) is 0 Å². The third-order valence-electron chi connectivity index (χ3n) is 2.75. The molecule has 0 spiro atoms. The molecule has 0 radical (unpaired) electrons. The third kappa shape index (κ3) is 5.46. The Bertz CT molecular complexity index is 432. The van der Waals surface area contributed by atoms with Crippen molar-refractivity contribution in [2.45, 2.75) is 13.3 Å². The van der Waals surface area contributed by atoms with Crippen molar-refractivity contribution < 1.29 is 27.5 Å².